The second-order valence-electron chi connectivity index (χ2n) is 4.49. The summed E-state index contributed by atoms with van der Waals surface area (Å²) >= 11 is 0. The van der Waals surface area contributed by atoms with Gasteiger partial charge < -0.3 is 5.32 Å². The molecule has 1 saturated carbocycles. The molecule has 1 aromatic rings. The van der Waals surface area contributed by atoms with Gasteiger partial charge in [-0.1, -0.05) is 13.3 Å². The smallest absolute Gasteiger partial charge is 0.0537 e. The van der Waals surface area contributed by atoms with Crippen LogP contribution in [0.4, 0.5) is 0 Å². The fourth-order valence-electron chi connectivity index (χ4n) is 1.73. The predicted octanol–water partition coefficient (Wildman–Crippen LogP) is 2.24. The molecule has 1 N–H and O–H groups in total. The van der Waals surface area contributed by atoms with Crippen molar-refractivity contribution in [2.45, 2.75) is 58.7 Å². The summed E-state index contributed by atoms with van der Waals surface area (Å²) in [5.74, 6) is 0. The number of unbranched alkanes of at least 4 members (excludes halogenated alkanes) is 1. The number of nitrogens with one attached hydrogen (secondary N) is 1. The maximum Gasteiger partial charge on any atom is 0.0537 e. The van der Waals surface area contributed by atoms with Gasteiger partial charge in [0.2, 0.25) is 0 Å². The van der Waals surface area contributed by atoms with Gasteiger partial charge in [-0.2, -0.15) is 5.10 Å². The number of aromatic nitrogens is 2. The predicted molar refractivity (Wildman–Crippen MR) is 61.7 cm³/mol. The van der Waals surface area contributed by atoms with Crippen LogP contribution in [0.15, 0.2) is 6.20 Å². The highest BCUT2D eigenvalue weighted by molar-refractivity contribution is 5.16. The van der Waals surface area contributed by atoms with Crippen LogP contribution in [0.25, 0.3) is 0 Å². The molecule has 0 aromatic carbocycles. The zero-order valence-corrected chi connectivity index (χ0v) is 9.79. The Morgan fingerprint density at radius 1 is 1.53 bits per heavy atom. The van der Waals surface area contributed by atoms with E-state index in [1.807, 2.05) is 6.20 Å². The first-order chi connectivity index (χ1) is 7.31. The summed E-state index contributed by atoms with van der Waals surface area (Å²) in [6, 6.07) is 0.781. The second kappa shape index (κ2) is 4.79. The molecule has 0 radical (unpaired) electrons. The van der Waals surface area contributed by atoms with Crippen molar-refractivity contribution in [3.05, 3.63) is 17.5 Å². The lowest BCUT2D eigenvalue weighted by atomic mass is 10.2. The Morgan fingerprint density at radius 2 is 2.33 bits per heavy atom. The van der Waals surface area contributed by atoms with E-state index in [2.05, 4.69) is 28.9 Å². The van der Waals surface area contributed by atoms with Crippen LogP contribution in [-0.4, -0.2) is 15.8 Å². The summed E-state index contributed by atoms with van der Waals surface area (Å²) in [7, 11) is 0. The van der Waals surface area contributed by atoms with E-state index in [0.717, 1.165) is 19.1 Å². The minimum Gasteiger partial charge on any atom is -0.310 e. The molecule has 0 bridgehead atoms. The Bertz CT molecular complexity index is 313. The van der Waals surface area contributed by atoms with Crippen molar-refractivity contribution in [3.63, 3.8) is 0 Å². The monoisotopic (exact) mass is 207 g/mol. The molecule has 1 heterocycles. The highest BCUT2D eigenvalue weighted by Crippen LogP contribution is 2.19. The van der Waals surface area contributed by atoms with E-state index in [1.165, 1.54) is 36.9 Å². The molecule has 1 fully saturated rings. The molecule has 0 amide bonds. The average molecular weight is 207 g/mol. The van der Waals surface area contributed by atoms with Gasteiger partial charge in [0.25, 0.3) is 0 Å². The lowest BCUT2D eigenvalue weighted by molar-refractivity contribution is 0.557. The van der Waals surface area contributed by atoms with E-state index in [-0.39, 0.29) is 0 Å². The van der Waals surface area contributed by atoms with Gasteiger partial charge in [0, 0.05) is 30.4 Å². The molecule has 15 heavy (non-hydrogen) atoms. The van der Waals surface area contributed by atoms with Crippen LogP contribution in [0.2, 0.25) is 0 Å². The third-order valence-corrected chi connectivity index (χ3v) is 3.09. The molecule has 1 aliphatic rings. The number of nitrogens with zero attached hydrogens (tertiary/aromatic N) is 2. The lowest BCUT2D eigenvalue weighted by Crippen LogP contribution is -2.15. The summed E-state index contributed by atoms with van der Waals surface area (Å²) in [6.45, 7) is 6.44. The topological polar surface area (TPSA) is 29.9 Å². The maximum absolute atomic E-state index is 4.43. The van der Waals surface area contributed by atoms with Gasteiger partial charge in [0.1, 0.15) is 0 Å². The van der Waals surface area contributed by atoms with Crippen LogP contribution in [-0.2, 0) is 13.1 Å². The van der Waals surface area contributed by atoms with E-state index in [9.17, 15) is 0 Å². The number of rotatable bonds is 6. The van der Waals surface area contributed by atoms with Crippen molar-refractivity contribution in [3.8, 4) is 0 Å². The molecule has 3 heteroatoms. The van der Waals surface area contributed by atoms with Gasteiger partial charge in [0.15, 0.2) is 0 Å². The molecule has 1 aliphatic carbocycles. The molecule has 2 rings (SSSR count). The Balaban J connectivity index is 1.89. The Hall–Kier alpha value is -0.830. The van der Waals surface area contributed by atoms with Crippen molar-refractivity contribution in [1.29, 1.82) is 0 Å². The van der Waals surface area contributed by atoms with Crippen LogP contribution in [0, 0.1) is 6.92 Å². The van der Waals surface area contributed by atoms with E-state index in [0.29, 0.717) is 0 Å². The van der Waals surface area contributed by atoms with Gasteiger partial charge in [-0.15, -0.1) is 0 Å². The maximum atomic E-state index is 4.43. The molecule has 0 unspecified atom stereocenters. The van der Waals surface area contributed by atoms with Crippen molar-refractivity contribution in [2.24, 2.45) is 0 Å². The van der Waals surface area contributed by atoms with Crippen LogP contribution in [0.1, 0.15) is 43.9 Å². The number of hydrogen-bond acceptors (Lipinski definition) is 2. The van der Waals surface area contributed by atoms with E-state index >= 15 is 0 Å². The third kappa shape index (κ3) is 2.81. The van der Waals surface area contributed by atoms with Crippen LogP contribution in [0.5, 0.6) is 0 Å². The van der Waals surface area contributed by atoms with Crippen LogP contribution < -0.4 is 5.32 Å². The molecular formula is C12H21N3. The fraction of sp³-hybridized carbons (Fsp3) is 0.750. The van der Waals surface area contributed by atoms with E-state index < -0.39 is 0 Å². The minimum atomic E-state index is 0.781. The number of aryl methyl sites for hydroxylation is 1. The molecule has 0 spiro atoms. The Labute approximate surface area is 91.9 Å². The molecule has 0 atom stereocenters. The molecule has 1 aromatic heterocycles. The SMILES string of the molecule is CCCCn1ncc(CNC2CC2)c1C. The normalized spacial score (nSPS) is 15.9. The van der Waals surface area contributed by atoms with Crippen LogP contribution >= 0.6 is 0 Å². The van der Waals surface area contributed by atoms with E-state index in [4.69, 9.17) is 0 Å². The zero-order valence-electron chi connectivity index (χ0n) is 9.79. The first kappa shape index (κ1) is 10.7. The summed E-state index contributed by atoms with van der Waals surface area (Å²) in [4.78, 5) is 0. The van der Waals surface area contributed by atoms with E-state index in [1.54, 1.807) is 0 Å². The van der Waals surface area contributed by atoms with Crippen molar-refractivity contribution < 1.29 is 0 Å². The summed E-state index contributed by atoms with van der Waals surface area (Å²) in [5.41, 5.74) is 2.69. The second-order valence-corrected chi connectivity index (χ2v) is 4.49. The van der Waals surface area contributed by atoms with Crippen molar-refractivity contribution >= 4 is 0 Å². The van der Waals surface area contributed by atoms with Gasteiger partial charge in [-0.3, -0.25) is 4.68 Å². The first-order valence-corrected chi connectivity index (χ1v) is 6.06. The average Bonchev–Trinajstić information content (AvgIpc) is 3.00. The Kier molecular flexibility index (Phi) is 3.41. The third-order valence-electron chi connectivity index (χ3n) is 3.09. The summed E-state index contributed by atoms with van der Waals surface area (Å²) in [6.07, 6.45) is 7.17. The van der Waals surface area contributed by atoms with Gasteiger partial charge >= 0.3 is 0 Å². The minimum absolute atomic E-state index is 0.781. The van der Waals surface area contributed by atoms with Crippen LogP contribution in [0.3, 0.4) is 0 Å². The number of hydrogen-bond donors (Lipinski definition) is 1. The van der Waals surface area contributed by atoms with Crippen molar-refractivity contribution in [2.75, 3.05) is 0 Å². The Morgan fingerprint density at radius 3 is 3.00 bits per heavy atom. The first-order valence-electron chi connectivity index (χ1n) is 6.06. The summed E-state index contributed by atoms with van der Waals surface area (Å²) < 4.78 is 2.13. The fourth-order valence-corrected chi connectivity index (χ4v) is 1.73. The molecular weight excluding hydrogens is 186 g/mol. The van der Waals surface area contributed by atoms with Gasteiger partial charge in [0.05, 0.1) is 6.20 Å². The highest BCUT2D eigenvalue weighted by atomic mass is 15.3. The highest BCUT2D eigenvalue weighted by Gasteiger charge is 2.20. The molecule has 0 aliphatic heterocycles. The molecule has 3 nitrogen and oxygen atoms in total. The largest absolute Gasteiger partial charge is 0.310 e. The van der Waals surface area contributed by atoms with Gasteiger partial charge in [-0.05, 0) is 26.2 Å². The lowest BCUT2D eigenvalue weighted by Gasteiger charge is -2.05. The van der Waals surface area contributed by atoms with Crippen molar-refractivity contribution in [1.82, 2.24) is 15.1 Å². The summed E-state index contributed by atoms with van der Waals surface area (Å²) in [5, 5.41) is 7.96. The van der Waals surface area contributed by atoms with Gasteiger partial charge in [-0.25, -0.2) is 0 Å². The molecule has 0 saturated heterocycles. The zero-order chi connectivity index (χ0) is 10.7. The quantitative estimate of drug-likeness (QED) is 0.775. The standard InChI is InChI=1S/C12H21N3/c1-3-4-7-15-10(2)11(9-14-15)8-13-12-5-6-12/h9,12-13H,3-8H2,1-2H3. The molecule has 84 valence electrons.